The van der Waals surface area contributed by atoms with Crippen molar-refractivity contribution in [3.8, 4) is 0 Å². The summed E-state index contributed by atoms with van der Waals surface area (Å²) in [5.74, 6) is -10.8. The fraction of sp³-hybridized carbons (Fsp3) is 0.833. The van der Waals surface area contributed by atoms with Gasteiger partial charge in [-0.2, -0.15) is 0 Å². The number of carbonyl (C=O) groups excluding carboxylic acids is 8. The molecule has 602 valence electrons. The molecule has 105 heavy (non-hydrogen) atoms. The van der Waals surface area contributed by atoms with Gasteiger partial charge in [0.05, 0.1) is 43.4 Å². The molecule has 2 N–H and O–H groups in total. The number of fused-ring (bicyclic) bond motifs is 3. The highest BCUT2D eigenvalue weighted by Crippen LogP contribution is 2.40. The zero-order valence-electron chi connectivity index (χ0n) is 66.5. The lowest BCUT2D eigenvalue weighted by Gasteiger charge is -2.47. The Bertz CT molecular complexity index is 2560. The van der Waals surface area contributed by atoms with E-state index in [9.17, 15) is 48.6 Å². The average molecular weight is 1490 g/mol. The van der Waals surface area contributed by atoms with Gasteiger partial charge in [0.15, 0.2) is 12.9 Å². The Labute approximate surface area is 631 Å². The van der Waals surface area contributed by atoms with Gasteiger partial charge in [-0.05, 0) is 108 Å². The van der Waals surface area contributed by atoms with E-state index >= 15 is 0 Å². The van der Waals surface area contributed by atoms with Gasteiger partial charge in [0.25, 0.3) is 11.7 Å². The summed E-state index contributed by atoms with van der Waals surface area (Å²) in [4.78, 5) is 111. The first-order valence-electron chi connectivity index (χ1n) is 41.0. The van der Waals surface area contributed by atoms with E-state index in [4.69, 9.17) is 47.4 Å². The second-order valence-electron chi connectivity index (χ2n) is 31.0. The molecule has 21 nitrogen and oxygen atoms in total. The van der Waals surface area contributed by atoms with Crippen molar-refractivity contribution in [2.75, 3.05) is 47.9 Å². The summed E-state index contributed by atoms with van der Waals surface area (Å²) >= 11 is 0. The minimum absolute atomic E-state index is 0.0275. The quantitative estimate of drug-likeness (QED) is 0.0143. The largest absolute Gasteiger partial charge is 0.462 e. The molecular weight excluding hydrogens is 1340 g/mol. The van der Waals surface area contributed by atoms with Crippen LogP contribution in [0.15, 0.2) is 36.0 Å². The van der Waals surface area contributed by atoms with Gasteiger partial charge in [-0.25, -0.2) is 4.79 Å². The molecule has 14 atom stereocenters. The SMILES string of the molecule is C=CC[C@@H]1/C=C(\C)C[C@H](C)C[C@H](OC)[C@H]2O[C@@](O)(C(=O)C(=O)N3CCCC[C@H]3C(=O)OC(/C(C)=C/C3CC[C@@H](OCOC(=O)CCC(=O)OC(COC(=O)CCCCCCCCCCCCCCC)COC(=O)CCCCCCCCCCCCCCC)[C@H](OC)C3)[C@H](C)[C@@H](O)CC1=O)[C@H](C)C[C@@H]2OC. The van der Waals surface area contributed by atoms with Crippen LogP contribution in [0.1, 0.15) is 312 Å². The third-order valence-corrected chi connectivity index (χ3v) is 22.0. The van der Waals surface area contributed by atoms with Crippen molar-refractivity contribution in [3.05, 3.63) is 36.0 Å². The van der Waals surface area contributed by atoms with Gasteiger partial charge in [0.1, 0.15) is 37.2 Å². The minimum atomic E-state index is -2.58. The molecule has 21 heteroatoms. The molecule has 0 aromatic rings. The number of allylic oxidation sites excluding steroid dienone is 4. The Morgan fingerprint density at radius 3 is 1.66 bits per heavy atom. The Kier molecular flexibility index (Phi) is 46.7. The van der Waals surface area contributed by atoms with Crippen molar-refractivity contribution in [3.63, 3.8) is 0 Å². The molecular formula is C84H141NO20. The fourth-order valence-corrected chi connectivity index (χ4v) is 15.5. The molecule has 1 amide bonds. The van der Waals surface area contributed by atoms with Crippen molar-refractivity contribution in [1.82, 2.24) is 4.90 Å². The van der Waals surface area contributed by atoms with E-state index in [0.29, 0.717) is 69.8 Å². The highest BCUT2D eigenvalue weighted by atomic mass is 16.7. The van der Waals surface area contributed by atoms with Crippen molar-refractivity contribution in [2.24, 2.45) is 29.6 Å². The number of ether oxygens (including phenoxy) is 10. The number of nitrogens with zero attached hydrogens (tertiary/aromatic N) is 1. The lowest BCUT2D eigenvalue weighted by atomic mass is 9.81. The highest BCUT2D eigenvalue weighted by Gasteiger charge is 2.57. The van der Waals surface area contributed by atoms with Gasteiger partial charge in [-0.15, -0.1) is 6.58 Å². The maximum Gasteiger partial charge on any atom is 0.329 e. The minimum Gasteiger partial charge on any atom is -0.462 e. The third kappa shape index (κ3) is 34.7. The van der Waals surface area contributed by atoms with Crippen molar-refractivity contribution < 1.29 is 95.9 Å². The van der Waals surface area contributed by atoms with Crippen LogP contribution < -0.4 is 0 Å². The molecule has 4 rings (SSSR count). The van der Waals surface area contributed by atoms with Crippen LogP contribution in [0.3, 0.4) is 0 Å². The zero-order chi connectivity index (χ0) is 76.9. The van der Waals surface area contributed by atoms with Crippen LogP contribution in [0, 0.1) is 29.6 Å². The molecule has 3 aliphatic heterocycles. The van der Waals surface area contributed by atoms with Gasteiger partial charge in [-0.1, -0.05) is 213 Å². The second kappa shape index (κ2) is 53.0. The van der Waals surface area contributed by atoms with Crippen LogP contribution in [-0.2, 0) is 85.7 Å². The van der Waals surface area contributed by atoms with E-state index in [0.717, 1.165) is 49.0 Å². The van der Waals surface area contributed by atoms with Crippen LogP contribution >= 0.6 is 0 Å². The number of rotatable bonds is 46. The number of hydrogen-bond donors (Lipinski definition) is 2. The van der Waals surface area contributed by atoms with Gasteiger partial charge in [-0.3, -0.25) is 33.6 Å². The predicted octanol–water partition coefficient (Wildman–Crippen LogP) is 15.9. The molecule has 0 radical (unpaired) electrons. The number of methoxy groups -OCH3 is 3. The first-order chi connectivity index (χ1) is 50.5. The lowest BCUT2D eigenvalue weighted by Crippen LogP contribution is -2.64. The summed E-state index contributed by atoms with van der Waals surface area (Å²) in [5.41, 5.74) is 1.49. The van der Waals surface area contributed by atoms with Crippen molar-refractivity contribution >= 4 is 47.3 Å². The molecule has 3 heterocycles. The van der Waals surface area contributed by atoms with Crippen LogP contribution in [0.4, 0.5) is 0 Å². The van der Waals surface area contributed by atoms with E-state index in [1.165, 1.54) is 130 Å². The highest BCUT2D eigenvalue weighted by molar-refractivity contribution is 6.39. The Morgan fingerprint density at radius 1 is 0.629 bits per heavy atom. The van der Waals surface area contributed by atoms with Gasteiger partial charge >= 0.3 is 29.8 Å². The Balaban J connectivity index is 1.37. The number of aliphatic hydroxyl groups is 2. The standard InChI is InChI=1S/C84H141NO20/c1-12-15-17-19-21-23-25-27-29-31-33-35-37-43-75(88)99-57-67(58-100-76(89)44-38-36-34-32-30-28-26-24-22-20-18-16-13-2)103-78(91)48-47-77(90)102-59-101-71-46-45-65(55-72(71)96-9)53-62(6)79-64(8)69(86)56-70(87)66(41-14-3)51-60(4)50-61(5)52-73(97-10)80-74(98-11)54-63(7)84(95,105-80)81(92)82(93)85-49-40-39-42-68(85)83(94)104-79/h14,51,53,61,63-69,71-74,79-80,86,95H,3,12-13,15-50,52,54-59H2,1-2,4-11H3/b60-51+,62-53+/t61-,63+,64+,65?,66+,68-,69-,71+,72+,73-,74-,79?,80+,84+/m0/s1. The first kappa shape index (κ1) is 92.5. The summed E-state index contributed by atoms with van der Waals surface area (Å²) in [5, 5.41) is 24.3. The molecule has 1 saturated carbocycles. The molecule has 0 aromatic heterocycles. The van der Waals surface area contributed by atoms with Crippen LogP contribution in [0.5, 0.6) is 0 Å². The number of esters is 5. The normalized spacial score (nSPS) is 27.5. The summed E-state index contributed by atoms with van der Waals surface area (Å²) < 4.78 is 58.8. The number of hydrogen-bond acceptors (Lipinski definition) is 20. The average Bonchev–Trinajstić information content (AvgIpc) is 0.863. The molecule has 2 saturated heterocycles. The second-order valence-corrected chi connectivity index (χ2v) is 31.0. The number of unbranched alkanes of at least 4 members (excludes halogenated alkanes) is 24. The smallest absolute Gasteiger partial charge is 0.329 e. The maximum absolute atomic E-state index is 14.8. The van der Waals surface area contributed by atoms with Gasteiger partial charge in [0.2, 0.25) is 5.79 Å². The first-order valence-corrected chi connectivity index (χ1v) is 41.0. The van der Waals surface area contributed by atoms with Crippen molar-refractivity contribution in [1.29, 1.82) is 0 Å². The van der Waals surface area contributed by atoms with Crippen molar-refractivity contribution in [2.45, 2.75) is 372 Å². The van der Waals surface area contributed by atoms with Crippen LogP contribution in [0.2, 0.25) is 0 Å². The summed E-state index contributed by atoms with van der Waals surface area (Å²) in [6, 6.07) is -1.23. The summed E-state index contributed by atoms with van der Waals surface area (Å²) in [6.07, 6.45) is 33.0. The number of ketones is 2. The molecule has 4 aliphatic rings. The Hall–Kier alpha value is -4.90. The molecule has 2 bridgehead atoms. The topological polar surface area (TPSA) is 273 Å². The van der Waals surface area contributed by atoms with E-state index in [1.807, 2.05) is 26.0 Å². The van der Waals surface area contributed by atoms with Crippen LogP contribution in [0.25, 0.3) is 0 Å². The number of aliphatic hydroxyl groups excluding tert-OH is 1. The predicted molar refractivity (Wildman–Crippen MR) is 404 cm³/mol. The number of amides is 1. The van der Waals surface area contributed by atoms with E-state index < -0.39 is 127 Å². The number of Topliss-reactive ketones (excluding diaryl/α,β-unsaturated/α-hetero) is 2. The van der Waals surface area contributed by atoms with Gasteiger partial charge < -0.3 is 62.5 Å². The Morgan fingerprint density at radius 2 is 1.13 bits per heavy atom. The number of carbonyl (C=O) groups is 8. The van der Waals surface area contributed by atoms with Gasteiger partial charge in [0, 0.05) is 64.9 Å². The number of cyclic esters (lactones) is 1. The summed E-state index contributed by atoms with van der Waals surface area (Å²) in [6.45, 7) is 16.5. The molecule has 0 spiro atoms. The lowest BCUT2D eigenvalue weighted by molar-refractivity contribution is -0.302. The van der Waals surface area contributed by atoms with E-state index in [2.05, 4.69) is 20.4 Å². The maximum atomic E-state index is 14.8. The molecule has 3 fully saturated rings. The third-order valence-electron chi connectivity index (χ3n) is 22.0. The zero-order valence-corrected chi connectivity index (χ0v) is 66.5. The summed E-state index contributed by atoms with van der Waals surface area (Å²) in [7, 11) is 4.58. The van der Waals surface area contributed by atoms with Crippen LogP contribution in [-0.4, -0.2) is 171 Å². The molecule has 2 unspecified atom stereocenters. The molecule has 0 aromatic carbocycles. The van der Waals surface area contributed by atoms with E-state index in [-0.39, 0.29) is 82.3 Å². The molecule has 1 aliphatic carbocycles. The number of piperidine rings is 1. The fourth-order valence-electron chi connectivity index (χ4n) is 15.5. The van der Waals surface area contributed by atoms with E-state index in [1.54, 1.807) is 34.0 Å². The monoisotopic (exact) mass is 1480 g/mol.